The number of carbonyl (C=O) groups is 1. The summed E-state index contributed by atoms with van der Waals surface area (Å²) in [5.41, 5.74) is 1.61. The van der Waals surface area contributed by atoms with Gasteiger partial charge >= 0.3 is 5.97 Å². The highest BCUT2D eigenvalue weighted by Crippen LogP contribution is 2.35. The van der Waals surface area contributed by atoms with Gasteiger partial charge in [0, 0.05) is 19.5 Å². The zero-order valence-corrected chi connectivity index (χ0v) is 16.2. The van der Waals surface area contributed by atoms with Gasteiger partial charge in [0.15, 0.2) is 11.8 Å². The zero-order chi connectivity index (χ0) is 18.9. The lowest BCUT2D eigenvalue weighted by Crippen LogP contribution is -2.24. The molecule has 2 aliphatic rings. The zero-order valence-electron chi connectivity index (χ0n) is 15.4. The molecular formula is C19H24N2O4S. The molecule has 0 N–H and O–H groups in total. The van der Waals surface area contributed by atoms with E-state index in [0.29, 0.717) is 37.6 Å². The molecule has 1 saturated heterocycles. The summed E-state index contributed by atoms with van der Waals surface area (Å²) in [6.45, 7) is 7.30. The fourth-order valence-corrected chi connectivity index (χ4v) is 3.95. The van der Waals surface area contributed by atoms with Gasteiger partial charge in [-0.25, -0.2) is 9.59 Å². The minimum absolute atomic E-state index is 0.102. The topological polar surface area (TPSA) is 68.2 Å². The Hall–Kier alpha value is -2.24. The number of aliphatic imine (C=N–C) groups is 1. The van der Waals surface area contributed by atoms with Crippen molar-refractivity contribution in [2.24, 2.45) is 4.99 Å². The van der Waals surface area contributed by atoms with Gasteiger partial charge in [-0.2, -0.15) is 0 Å². The third kappa shape index (κ3) is 5.13. The second-order valence-corrected chi connectivity index (χ2v) is 6.64. The number of rotatable bonds is 7. The van der Waals surface area contributed by atoms with Gasteiger partial charge in [0.25, 0.3) is 0 Å². The van der Waals surface area contributed by atoms with Crippen molar-refractivity contribution in [1.29, 1.82) is 0 Å². The Balaban J connectivity index is 2.07. The smallest absolute Gasteiger partial charge is 0.344 e. The number of ether oxygens (including phenoxy) is 2. The molecule has 1 heterocycles. The van der Waals surface area contributed by atoms with Crippen molar-refractivity contribution in [3.8, 4) is 0 Å². The van der Waals surface area contributed by atoms with E-state index in [9.17, 15) is 9.59 Å². The van der Waals surface area contributed by atoms with Crippen LogP contribution in [0.2, 0.25) is 0 Å². The summed E-state index contributed by atoms with van der Waals surface area (Å²) in [5.74, 6) is 2.38. The number of esters is 1. The number of allylic oxidation sites excluding steroid dienone is 4. The normalized spacial score (nSPS) is 22.6. The average molecular weight is 376 g/mol. The van der Waals surface area contributed by atoms with Gasteiger partial charge in [0.1, 0.15) is 17.4 Å². The standard InChI is InChI=1S/C19H24N2O4S/c1-4-20-19-21(5-2)16(12-22)17(26-19)11-14-8-7-9-15(10-14)25-13-18(23)24-6-3/h7-9,11,17H,4-6,10,13H2,1-3H3. The monoisotopic (exact) mass is 376 g/mol. The first-order chi connectivity index (χ1) is 12.6. The van der Waals surface area contributed by atoms with Crippen LogP contribution in [0.1, 0.15) is 27.2 Å². The Kier molecular flexibility index (Phi) is 7.75. The fraction of sp³-hybridized carbons (Fsp3) is 0.474. The molecule has 1 fully saturated rings. The van der Waals surface area contributed by atoms with Crippen LogP contribution in [-0.4, -0.2) is 53.5 Å². The van der Waals surface area contributed by atoms with E-state index in [2.05, 4.69) is 10.9 Å². The Labute approximate surface area is 158 Å². The third-order valence-corrected chi connectivity index (χ3v) is 4.93. The molecule has 140 valence electrons. The highest BCUT2D eigenvalue weighted by atomic mass is 32.2. The summed E-state index contributed by atoms with van der Waals surface area (Å²) in [4.78, 5) is 29.3. The second-order valence-electron chi connectivity index (χ2n) is 5.53. The second kappa shape index (κ2) is 10.0. The number of amidine groups is 1. The first-order valence-electron chi connectivity index (χ1n) is 8.72. The molecule has 0 spiro atoms. The molecule has 0 aromatic rings. The van der Waals surface area contributed by atoms with E-state index in [4.69, 9.17) is 9.47 Å². The Morgan fingerprint density at radius 1 is 1.46 bits per heavy atom. The largest absolute Gasteiger partial charge is 0.486 e. The molecule has 0 amide bonds. The first kappa shape index (κ1) is 20.1. The van der Waals surface area contributed by atoms with E-state index >= 15 is 0 Å². The Morgan fingerprint density at radius 3 is 2.92 bits per heavy atom. The van der Waals surface area contributed by atoms with Gasteiger partial charge in [-0.1, -0.05) is 30.0 Å². The number of nitrogens with zero attached hydrogens (tertiary/aromatic N) is 2. The van der Waals surface area contributed by atoms with Crippen molar-refractivity contribution >= 4 is 28.8 Å². The maximum Gasteiger partial charge on any atom is 0.344 e. The lowest BCUT2D eigenvalue weighted by atomic mass is 10.0. The molecule has 6 nitrogen and oxygen atoms in total. The molecule has 1 aliphatic carbocycles. The van der Waals surface area contributed by atoms with E-state index in [1.54, 1.807) is 18.7 Å². The highest BCUT2D eigenvalue weighted by molar-refractivity contribution is 8.15. The van der Waals surface area contributed by atoms with E-state index in [0.717, 1.165) is 10.7 Å². The predicted octanol–water partition coefficient (Wildman–Crippen LogP) is 2.87. The van der Waals surface area contributed by atoms with Crippen molar-refractivity contribution in [2.45, 2.75) is 32.4 Å². The van der Waals surface area contributed by atoms with Crippen LogP contribution in [0.3, 0.4) is 0 Å². The minimum atomic E-state index is -0.384. The average Bonchev–Trinajstić information content (AvgIpc) is 2.97. The molecule has 2 rings (SSSR count). The van der Waals surface area contributed by atoms with Crippen LogP contribution in [0.25, 0.3) is 0 Å². The highest BCUT2D eigenvalue weighted by Gasteiger charge is 2.33. The Bertz CT molecular complexity index is 702. The van der Waals surface area contributed by atoms with Crippen molar-refractivity contribution in [3.63, 3.8) is 0 Å². The van der Waals surface area contributed by atoms with Crippen LogP contribution in [0.15, 0.2) is 46.3 Å². The number of thioether (sulfide) groups is 1. The van der Waals surface area contributed by atoms with Crippen LogP contribution in [0.5, 0.6) is 0 Å². The van der Waals surface area contributed by atoms with Crippen LogP contribution in [0, 0.1) is 0 Å². The number of carbonyl (C=O) groups excluding carboxylic acids is 2. The molecular weight excluding hydrogens is 352 g/mol. The van der Waals surface area contributed by atoms with E-state index < -0.39 is 0 Å². The van der Waals surface area contributed by atoms with Crippen LogP contribution in [0.4, 0.5) is 0 Å². The molecule has 0 aromatic carbocycles. The van der Waals surface area contributed by atoms with Crippen LogP contribution >= 0.6 is 11.8 Å². The van der Waals surface area contributed by atoms with Crippen LogP contribution in [-0.2, 0) is 19.1 Å². The van der Waals surface area contributed by atoms with E-state index in [-0.39, 0.29) is 17.8 Å². The summed E-state index contributed by atoms with van der Waals surface area (Å²) >= 11 is 1.55. The SMILES string of the molecule is CCN=C1SC(C=C2C=CC=C(OCC(=O)OCC)C2)C(=C=O)N1CC. The lowest BCUT2D eigenvalue weighted by Gasteiger charge is -2.16. The Morgan fingerprint density at radius 2 is 2.27 bits per heavy atom. The van der Waals surface area contributed by atoms with Gasteiger partial charge in [0.2, 0.25) is 0 Å². The maximum absolute atomic E-state index is 11.5. The molecule has 26 heavy (non-hydrogen) atoms. The molecule has 1 aliphatic heterocycles. The van der Waals surface area contributed by atoms with E-state index in [1.807, 2.05) is 43.1 Å². The van der Waals surface area contributed by atoms with Crippen LogP contribution < -0.4 is 0 Å². The predicted molar refractivity (Wildman–Crippen MR) is 103 cm³/mol. The van der Waals surface area contributed by atoms with Crippen molar-refractivity contribution < 1.29 is 19.1 Å². The third-order valence-electron chi connectivity index (χ3n) is 3.75. The minimum Gasteiger partial charge on any atom is -0.486 e. The van der Waals surface area contributed by atoms with Gasteiger partial charge in [-0.15, -0.1) is 0 Å². The first-order valence-corrected chi connectivity index (χ1v) is 9.60. The summed E-state index contributed by atoms with van der Waals surface area (Å²) in [7, 11) is 0. The molecule has 1 unspecified atom stereocenters. The molecule has 0 radical (unpaired) electrons. The van der Waals surface area contributed by atoms with Gasteiger partial charge in [-0.3, -0.25) is 4.99 Å². The van der Waals surface area contributed by atoms with Crippen molar-refractivity contribution in [1.82, 2.24) is 4.90 Å². The van der Waals surface area contributed by atoms with Gasteiger partial charge < -0.3 is 14.4 Å². The fourth-order valence-electron chi connectivity index (χ4n) is 2.64. The van der Waals surface area contributed by atoms with E-state index in [1.165, 1.54) is 0 Å². The van der Waals surface area contributed by atoms with Gasteiger partial charge in [-0.05, 0) is 32.4 Å². The number of hydrogen-bond acceptors (Lipinski definition) is 6. The molecule has 0 aromatic heterocycles. The summed E-state index contributed by atoms with van der Waals surface area (Å²) < 4.78 is 10.4. The molecule has 0 bridgehead atoms. The van der Waals surface area contributed by atoms with Gasteiger partial charge in [0.05, 0.1) is 11.9 Å². The quantitative estimate of drug-likeness (QED) is 0.503. The lowest BCUT2D eigenvalue weighted by molar-refractivity contribution is -0.147. The molecule has 0 saturated carbocycles. The summed E-state index contributed by atoms with van der Waals surface area (Å²) in [6.07, 6.45) is 8.27. The van der Waals surface area contributed by atoms with Crippen molar-refractivity contribution in [3.05, 3.63) is 41.3 Å². The van der Waals surface area contributed by atoms with Crippen molar-refractivity contribution in [2.75, 3.05) is 26.3 Å². The molecule has 1 atom stereocenters. The molecule has 7 heteroatoms. The summed E-state index contributed by atoms with van der Waals surface area (Å²) in [5, 5.41) is 0.728. The summed E-state index contributed by atoms with van der Waals surface area (Å²) in [6, 6.07) is 0. The number of hydrogen-bond donors (Lipinski definition) is 0. The maximum atomic E-state index is 11.5.